The number of aliphatic hydroxyl groups is 2. The lowest BCUT2D eigenvalue weighted by Crippen LogP contribution is -2.43. The van der Waals surface area contributed by atoms with Gasteiger partial charge in [-0.15, -0.1) is 0 Å². The predicted molar refractivity (Wildman–Crippen MR) is 80.9 cm³/mol. The summed E-state index contributed by atoms with van der Waals surface area (Å²) in [7, 11) is 0. The molecule has 0 aliphatic carbocycles. The van der Waals surface area contributed by atoms with Gasteiger partial charge in [0.1, 0.15) is 5.82 Å². The third kappa shape index (κ3) is 3.30. The number of nitrogens with zero attached hydrogens (tertiary/aromatic N) is 2. The predicted octanol–water partition coefficient (Wildman–Crippen LogP) is 2.08. The molecule has 112 valence electrons. The van der Waals surface area contributed by atoms with Crippen molar-refractivity contribution in [2.75, 3.05) is 18.0 Å². The third-order valence-corrected chi connectivity index (χ3v) is 4.07. The second kappa shape index (κ2) is 5.70. The summed E-state index contributed by atoms with van der Waals surface area (Å²) < 4.78 is 0. The maximum Gasteiger partial charge on any atom is 0.129 e. The van der Waals surface area contributed by atoms with Crippen LogP contribution in [-0.2, 0) is 12.0 Å². The van der Waals surface area contributed by atoms with E-state index >= 15 is 0 Å². The fourth-order valence-electron chi connectivity index (χ4n) is 2.47. The van der Waals surface area contributed by atoms with E-state index in [9.17, 15) is 10.2 Å². The normalized spacial score (nSPS) is 24.0. The van der Waals surface area contributed by atoms with Gasteiger partial charge < -0.3 is 15.1 Å². The smallest absolute Gasteiger partial charge is 0.129 e. The highest BCUT2D eigenvalue weighted by Gasteiger charge is 2.26. The van der Waals surface area contributed by atoms with E-state index in [1.54, 1.807) is 0 Å². The van der Waals surface area contributed by atoms with E-state index in [1.165, 1.54) is 0 Å². The Bertz CT molecular complexity index is 468. The lowest BCUT2D eigenvalue weighted by molar-refractivity contribution is 0.102. The summed E-state index contributed by atoms with van der Waals surface area (Å²) in [6.07, 6.45) is 0.665. The number of aromatic nitrogens is 1. The molecule has 0 radical (unpaired) electrons. The second-order valence-corrected chi connectivity index (χ2v) is 6.91. The lowest BCUT2D eigenvalue weighted by Gasteiger charge is -2.35. The highest BCUT2D eigenvalue weighted by Crippen LogP contribution is 2.27. The van der Waals surface area contributed by atoms with Crippen LogP contribution in [0.3, 0.4) is 0 Å². The van der Waals surface area contributed by atoms with E-state index in [4.69, 9.17) is 4.98 Å². The lowest BCUT2D eigenvalue weighted by atomic mass is 9.90. The number of pyridine rings is 1. The van der Waals surface area contributed by atoms with Crippen molar-refractivity contribution in [2.24, 2.45) is 5.92 Å². The molecule has 0 spiro atoms. The molecular weight excluding hydrogens is 252 g/mol. The number of aliphatic hydroxyl groups excluding tert-OH is 2. The zero-order chi connectivity index (χ0) is 14.9. The fraction of sp³-hybridized carbons (Fsp3) is 0.688. The molecule has 2 unspecified atom stereocenters. The van der Waals surface area contributed by atoms with E-state index < -0.39 is 0 Å². The maximum atomic E-state index is 10.0. The molecule has 4 heteroatoms. The topological polar surface area (TPSA) is 56.6 Å². The van der Waals surface area contributed by atoms with Crippen molar-refractivity contribution in [3.63, 3.8) is 0 Å². The van der Waals surface area contributed by atoms with Crippen LogP contribution in [0, 0.1) is 5.92 Å². The van der Waals surface area contributed by atoms with Gasteiger partial charge in [0.2, 0.25) is 0 Å². The Morgan fingerprint density at radius 3 is 2.60 bits per heavy atom. The summed E-state index contributed by atoms with van der Waals surface area (Å²) in [5.74, 6) is 1.21. The molecule has 0 aromatic carbocycles. The summed E-state index contributed by atoms with van der Waals surface area (Å²) in [6, 6.07) is 3.89. The van der Waals surface area contributed by atoms with Crippen LogP contribution in [0.4, 0.5) is 5.82 Å². The maximum absolute atomic E-state index is 10.0. The standard InChI is InChI=1S/C16H26N2O2/c1-11-5-6-18(9-13(11)20)15-8-12(10-19)7-14(17-15)16(2,3)4/h7-8,11,13,19-20H,5-6,9-10H2,1-4H3. The van der Waals surface area contributed by atoms with E-state index in [0.29, 0.717) is 12.5 Å². The molecule has 1 saturated heterocycles. The molecular formula is C16H26N2O2. The number of β-amino-alcohol motifs (C(OH)–C–C–N with tert-alkyl or cyclic N) is 1. The minimum absolute atomic E-state index is 0.0192. The van der Waals surface area contributed by atoms with Gasteiger partial charge in [-0.3, -0.25) is 0 Å². The Kier molecular flexibility index (Phi) is 4.35. The monoisotopic (exact) mass is 278 g/mol. The van der Waals surface area contributed by atoms with Crippen molar-refractivity contribution in [3.8, 4) is 0 Å². The zero-order valence-corrected chi connectivity index (χ0v) is 12.9. The first-order chi connectivity index (χ1) is 9.31. The SMILES string of the molecule is CC1CCN(c2cc(CO)cc(C(C)(C)C)n2)CC1O. The van der Waals surface area contributed by atoms with Crippen molar-refractivity contribution in [2.45, 2.75) is 52.2 Å². The van der Waals surface area contributed by atoms with Crippen LogP contribution in [0.25, 0.3) is 0 Å². The molecule has 0 amide bonds. The molecule has 1 fully saturated rings. The molecule has 1 aliphatic heterocycles. The first-order valence-electron chi connectivity index (χ1n) is 7.36. The first-order valence-corrected chi connectivity index (χ1v) is 7.36. The summed E-state index contributed by atoms with van der Waals surface area (Å²) >= 11 is 0. The van der Waals surface area contributed by atoms with E-state index in [-0.39, 0.29) is 18.1 Å². The van der Waals surface area contributed by atoms with E-state index in [2.05, 4.69) is 32.6 Å². The Hall–Kier alpha value is -1.13. The molecule has 0 saturated carbocycles. The minimum Gasteiger partial charge on any atom is -0.392 e. The number of hydrogen-bond acceptors (Lipinski definition) is 4. The molecule has 4 nitrogen and oxygen atoms in total. The number of anilines is 1. The third-order valence-electron chi connectivity index (χ3n) is 4.07. The minimum atomic E-state index is -0.304. The van der Waals surface area contributed by atoms with Gasteiger partial charge >= 0.3 is 0 Å². The van der Waals surface area contributed by atoms with Crippen molar-refractivity contribution in [1.29, 1.82) is 0 Å². The number of piperidine rings is 1. The Morgan fingerprint density at radius 1 is 1.35 bits per heavy atom. The van der Waals surface area contributed by atoms with Crippen molar-refractivity contribution < 1.29 is 10.2 Å². The van der Waals surface area contributed by atoms with Gasteiger partial charge in [0, 0.05) is 24.2 Å². The Labute approximate surface area is 121 Å². The summed E-state index contributed by atoms with van der Waals surface area (Å²) in [4.78, 5) is 6.86. The Morgan fingerprint density at radius 2 is 2.05 bits per heavy atom. The zero-order valence-electron chi connectivity index (χ0n) is 12.9. The van der Waals surface area contributed by atoms with Crippen molar-refractivity contribution in [1.82, 2.24) is 4.98 Å². The summed E-state index contributed by atoms with van der Waals surface area (Å²) in [6.45, 7) is 9.98. The molecule has 1 aliphatic rings. The molecule has 1 aromatic heterocycles. The molecule has 2 N–H and O–H groups in total. The summed E-state index contributed by atoms with van der Waals surface area (Å²) in [5, 5.41) is 19.5. The average molecular weight is 278 g/mol. The van der Waals surface area contributed by atoms with E-state index in [0.717, 1.165) is 30.0 Å². The largest absolute Gasteiger partial charge is 0.392 e. The van der Waals surface area contributed by atoms with Gasteiger partial charge in [0.15, 0.2) is 0 Å². The van der Waals surface area contributed by atoms with Crippen molar-refractivity contribution >= 4 is 5.82 Å². The van der Waals surface area contributed by atoms with E-state index in [1.807, 2.05) is 12.1 Å². The van der Waals surface area contributed by atoms with Crippen LogP contribution >= 0.6 is 0 Å². The van der Waals surface area contributed by atoms with Crippen LogP contribution in [-0.4, -0.2) is 34.4 Å². The van der Waals surface area contributed by atoms with Gasteiger partial charge in [-0.1, -0.05) is 27.7 Å². The average Bonchev–Trinajstić information content (AvgIpc) is 2.40. The van der Waals surface area contributed by atoms with Crippen LogP contribution in [0.5, 0.6) is 0 Å². The molecule has 2 rings (SSSR count). The first kappa shape index (κ1) is 15.3. The van der Waals surface area contributed by atoms with Gasteiger partial charge in [-0.25, -0.2) is 4.98 Å². The van der Waals surface area contributed by atoms with Gasteiger partial charge in [-0.2, -0.15) is 0 Å². The second-order valence-electron chi connectivity index (χ2n) is 6.91. The molecule has 20 heavy (non-hydrogen) atoms. The van der Waals surface area contributed by atoms with Crippen LogP contribution in [0.15, 0.2) is 12.1 Å². The van der Waals surface area contributed by atoms with Crippen molar-refractivity contribution in [3.05, 3.63) is 23.4 Å². The highest BCUT2D eigenvalue weighted by molar-refractivity contribution is 5.44. The molecule has 1 aromatic rings. The quantitative estimate of drug-likeness (QED) is 0.869. The number of hydrogen-bond donors (Lipinski definition) is 2. The van der Waals surface area contributed by atoms with Crippen LogP contribution in [0.1, 0.15) is 45.4 Å². The van der Waals surface area contributed by atoms with Gasteiger partial charge in [0.25, 0.3) is 0 Å². The van der Waals surface area contributed by atoms with Gasteiger partial charge in [0.05, 0.1) is 12.7 Å². The fourth-order valence-corrected chi connectivity index (χ4v) is 2.47. The summed E-state index contributed by atoms with van der Waals surface area (Å²) in [5.41, 5.74) is 1.81. The van der Waals surface area contributed by atoms with Crippen LogP contribution < -0.4 is 4.90 Å². The molecule has 2 atom stereocenters. The Balaban J connectivity index is 2.31. The molecule has 0 bridgehead atoms. The highest BCUT2D eigenvalue weighted by atomic mass is 16.3. The number of rotatable bonds is 2. The van der Waals surface area contributed by atoms with Crippen LogP contribution in [0.2, 0.25) is 0 Å². The van der Waals surface area contributed by atoms with Gasteiger partial charge in [-0.05, 0) is 30.0 Å². The molecule has 2 heterocycles.